The molecule has 1 fully saturated rings. The van der Waals surface area contributed by atoms with Gasteiger partial charge in [0.25, 0.3) is 0 Å². The van der Waals surface area contributed by atoms with Crippen molar-refractivity contribution in [2.75, 3.05) is 0 Å². The molecule has 7 heteroatoms. The van der Waals surface area contributed by atoms with Crippen LogP contribution in [0.25, 0.3) is 33.1 Å². The molecule has 0 unspecified atom stereocenters. The highest BCUT2D eigenvalue weighted by Gasteiger charge is 2.23. The molecule has 0 spiro atoms. The highest BCUT2D eigenvalue weighted by Crippen LogP contribution is 2.31. The fraction of sp³-hybridized carbons (Fsp3) is 0.240. The highest BCUT2D eigenvalue weighted by atomic mass is 35.5. The van der Waals surface area contributed by atoms with Gasteiger partial charge in [-0.2, -0.15) is 0 Å². The average molecular weight is 451 g/mol. The Bertz CT molecular complexity index is 1460. The SMILES string of the molecule is O=C(Oc1ccc2c(-c3cc4cc(Cl)ccc4oc3=O)cc(=O)oc2c1)C1CCCCC1. The second kappa shape index (κ2) is 8.28. The van der Waals surface area contributed by atoms with Crippen molar-refractivity contribution in [3.63, 3.8) is 0 Å². The number of fused-ring (bicyclic) bond motifs is 2. The van der Waals surface area contributed by atoms with Crippen molar-refractivity contribution in [2.24, 2.45) is 5.92 Å². The van der Waals surface area contributed by atoms with Gasteiger partial charge in [-0.15, -0.1) is 0 Å². The Kier molecular flexibility index (Phi) is 5.31. The standard InChI is InChI=1S/C25H19ClO6/c26-16-6-9-21-15(10-16)11-20(25(29)32-21)19-13-23(27)31-22-12-17(7-8-18(19)22)30-24(28)14-4-2-1-3-5-14/h6-14H,1-5H2. The molecule has 0 saturated heterocycles. The van der Waals surface area contributed by atoms with Crippen LogP contribution < -0.4 is 16.0 Å². The Labute approximate surface area is 187 Å². The molecule has 32 heavy (non-hydrogen) atoms. The number of halogens is 1. The molecule has 4 aromatic rings. The summed E-state index contributed by atoms with van der Waals surface area (Å²) in [7, 11) is 0. The molecule has 162 valence electrons. The van der Waals surface area contributed by atoms with Crippen molar-refractivity contribution in [2.45, 2.75) is 32.1 Å². The summed E-state index contributed by atoms with van der Waals surface area (Å²) in [6.07, 6.45) is 4.84. The predicted octanol–water partition coefficient (Wildman–Crippen LogP) is 5.71. The number of benzene rings is 2. The maximum atomic E-state index is 12.7. The lowest BCUT2D eigenvalue weighted by molar-refractivity contribution is -0.139. The summed E-state index contributed by atoms with van der Waals surface area (Å²) < 4.78 is 16.3. The monoisotopic (exact) mass is 450 g/mol. The lowest BCUT2D eigenvalue weighted by Crippen LogP contribution is -2.22. The zero-order valence-corrected chi connectivity index (χ0v) is 17.8. The minimum atomic E-state index is -0.631. The summed E-state index contributed by atoms with van der Waals surface area (Å²) in [6, 6.07) is 12.6. The van der Waals surface area contributed by atoms with E-state index in [1.165, 1.54) is 12.1 Å². The molecule has 0 aliphatic heterocycles. The average Bonchev–Trinajstić information content (AvgIpc) is 2.78. The van der Waals surface area contributed by atoms with E-state index < -0.39 is 11.3 Å². The molecule has 6 nitrogen and oxygen atoms in total. The lowest BCUT2D eigenvalue weighted by atomic mass is 9.89. The lowest BCUT2D eigenvalue weighted by Gasteiger charge is -2.19. The maximum absolute atomic E-state index is 12.7. The van der Waals surface area contributed by atoms with Gasteiger partial charge in [-0.1, -0.05) is 30.9 Å². The normalized spacial score (nSPS) is 14.7. The zero-order valence-electron chi connectivity index (χ0n) is 17.1. The first-order valence-corrected chi connectivity index (χ1v) is 10.9. The summed E-state index contributed by atoms with van der Waals surface area (Å²) in [5.41, 5.74) is -0.0191. The third-order valence-electron chi connectivity index (χ3n) is 5.86. The van der Waals surface area contributed by atoms with E-state index in [1.807, 2.05) is 0 Å². The van der Waals surface area contributed by atoms with Gasteiger partial charge in [0.15, 0.2) is 0 Å². The second-order valence-electron chi connectivity index (χ2n) is 8.02. The van der Waals surface area contributed by atoms with E-state index in [1.54, 1.807) is 36.4 Å². The van der Waals surface area contributed by atoms with Crippen LogP contribution in [-0.4, -0.2) is 5.97 Å². The van der Waals surface area contributed by atoms with Crippen molar-refractivity contribution in [3.05, 3.63) is 74.4 Å². The van der Waals surface area contributed by atoms with Gasteiger partial charge in [-0.25, -0.2) is 9.59 Å². The van der Waals surface area contributed by atoms with Crippen LogP contribution in [0, 0.1) is 5.92 Å². The van der Waals surface area contributed by atoms with Gasteiger partial charge in [-0.05, 0) is 49.2 Å². The molecule has 0 bridgehead atoms. The number of esters is 1. The van der Waals surface area contributed by atoms with Crippen LogP contribution in [0.2, 0.25) is 5.02 Å². The summed E-state index contributed by atoms with van der Waals surface area (Å²) in [6.45, 7) is 0. The summed E-state index contributed by atoms with van der Waals surface area (Å²) in [5, 5.41) is 1.65. The van der Waals surface area contributed by atoms with Gasteiger partial charge < -0.3 is 13.6 Å². The van der Waals surface area contributed by atoms with Gasteiger partial charge in [0.2, 0.25) is 0 Å². The molecular formula is C25H19ClO6. The third-order valence-corrected chi connectivity index (χ3v) is 6.09. The summed E-state index contributed by atoms with van der Waals surface area (Å²) >= 11 is 6.07. The van der Waals surface area contributed by atoms with Crippen molar-refractivity contribution < 1.29 is 18.4 Å². The van der Waals surface area contributed by atoms with E-state index in [-0.39, 0.29) is 23.0 Å². The van der Waals surface area contributed by atoms with E-state index in [0.29, 0.717) is 32.7 Å². The van der Waals surface area contributed by atoms with E-state index >= 15 is 0 Å². The van der Waals surface area contributed by atoms with Gasteiger partial charge in [-0.3, -0.25) is 4.79 Å². The first-order valence-electron chi connectivity index (χ1n) is 10.5. The van der Waals surface area contributed by atoms with Crippen LogP contribution in [0.3, 0.4) is 0 Å². The quantitative estimate of drug-likeness (QED) is 0.226. The van der Waals surface area contributed by atoms with E-state index in [9.17, 15) is 14.4 Å². The molecule has 1 saturated carbocycles. The van der Waals surface area contributed by atoms with Crippen molar-refractivity contribution in [1.29, 1.82) is 0 Å². The Balaban J connectivity index is 1.57. The topological polar surface area (TPSA) is 86.7 Å². The van der Waals surface area contributed by atoms with Gasteiger partial charge in [0.05, 0.1) is 11.5 Å². The molecule has 1 aliphatic rings. The molecule has 0 atom stereocenters. The number of ether oxygens (including phenoxy) is 1. The highest BCUT2D eigenvalue weighted by molar-refractivity contribution is 6.31. The number of carbonyl (C=O) groups excluding carboxylic acids is 1. The van der Waals surface area contributed by atoms with Gasteiger partial charge in [0, 0.05) is 33.5 Å². The molecule has 1 aliphatic carbocycles. The Morgan fingerprint density at radius 3 is 2.50 bits per heavy atom. The predicted molar refractivity (Wildman–Crippen MR) is 121 cm³/mol. The summed E-state index contributed by atoms with van der Waals surface area (Å²) in [4.78, 5) is 37.4. The smallest absolute Gasteiger partial charge is 0.344 e. The van der Waals surface area contributed by atoms with E-state index in [4.69, 9.17) is 25.2 Å². The van der Waals surface area contributed by atoms with Crippen molar-refractivity contribution in [3.8, 4) is 16.9 Å². The minimum Gasteiger partial charge on any atom is -0.426 e. The first-order chi connectivity index (χ1) is 15.5. The van der Waals surface area contributed by atoms with Crippen molar-refractivity contribution in [1.82, 2.24) is 0 Å². The van der Waals surface area contributed by atoms with Crippen LogP contribution in [0.4, 0.5) is 0 Å². The number of hydrogen-bond donors (Lipinski definition) is 0. The maximum Gasteiger partial charge on any atom is 0.344 e. The largest absolute Gasteiger partial charge is 0.426 e. The van der Waals surface area contributed by atoms with Crippen LogP contribution in [0.1, 0.15) is 32.1 Å². The fourth-order valence-electron chi connectivity index (χ4n) is 4.25. The molecule has 2 aromatic heterocycles. The number of hydrogen-bond acceptors (Lipinski definition) is 6. The van der Waals surface area contributed by atoms with Gasteiger partial charge in [0.1, 0.15) is 16.9 Å². The second-order valence-corrected chi connectivity index (χ2v) is 8.46. The Morgan fingerprint density at radius 2 is 1.69 bits per heavy atom. The number of rotatable bonds is 3. The van der Waals surface area contributed by atoms with Crippen molar-refractivity contribution >= 4 is 39.5 Å². The van der Waals surface area contributed by atoms with Crippen LogP contribution in [0.15, 0.2) is 67.0 Å². The number of carbonyl (C=O) groups is 1. The molecule has 5 rings (SSSR count). The minimum absolute atomic E-state index is 0.105. The van der Waals surface area contributed by atoms with E-state index in [2.05, 4.69) is 0 Å². The summed E-state index contributed by atoms with van der Waals surface area (Å²) in [5.74, 6) is -0.0767. The molecular weight excluding hydrogens is 432 g/mol. The fourth-order valence-corrected chi connectivity index (χ4v) is 4.43. The molecule has 0 radical (unpaired) electrons. The Hall–Kier alpha value is -3.38. The molecule has 2 heterocycles. The first kappa shape index (κ1) is 20.5. The molecule has 2 aromatic carbocycles. The van der Waals surface area contributed by atoms with E-state index in [0.717, 1.165) is 32.1 Å². The van der Waals surface area contributed by atoms with Crippen LogP contribution in [0.5, 0.6) is 5.75 Å². The molecule has 0 amide bonds. The van der Waals surface area contributed by atoms with Crippen LogP contribution in [-0.2, 0) is 4.79 Å². The molecule has 0 N–H and O–H groups in total. The Morgan fingerprint density at radius 1 is 0.875 bits per heavy atom. The van der Waals surface area contributed by atoms with Crippen LogP contribution >= 0.6 is 11.6 Å². The third kappa shape index (κ3) is 3.94. The van der Waals surface area contributed by atoms with Gasteiger partial charge >= 0.3 is 17.2 Å². The zero-order chi connectivity index (χ0) is 22.2.